The molecule has 3 amide bonds. The molecule has 9 heteroatoms. The van der Waals surface area contributed by atoms with E-state index < -0.39 is 17.8 Å². The van der Waals surface area contributed by atoms with Crippen LogP contribution in [0.3, 0.4) is 0 Å². The minimum absolute atomic E-state index is 0.164. The second-order valence-electron chi connectivity index (χ2n) is 8.68. The van der Waals surface area contributed by atoms with Gasteiger partial charge in [0.1, 0.15) is 11.9 Å². The molecule has 3 aliphatic heterocycles. The predicted molar refractivity (Wildman–Crippen MR) is 119 cm³/mol. The number of likely N-dealkylation sites (tertiary alicyclic amines) is 1. The summed E-state index contributed by atoms with van der Waals surface area (Å²) in [7, 11) is 0. The van der Waals surface area contributed by atoms with E-state index in [-0.39, 0.29) is 30.7 Å². The number of nitrogens with one attached hydrogen (secondary N) is 1. The Hall–Kier alpha value is -2.29. The molecule has 0 aliphatic carbocycles. The van der Waals surface area contributed by atoms with Gasteiger partial charge in [-0.2, -0.15) is 0 Å². The van der Waals surface area contributed by atoms with Crippen LogP contribution in [0.2, 0.25) is 4.34 Å². The number of thiophene rings is 1. The molecule has 0 bridgehead atoms. The van der Waals surface area contributed by atoms with Gasteiger partial charge in [-0.05, 0) is 73.7 Å². The summed E-state index contributed by atoms with van der Waals surface area (Å²) in [5.74, 6) is -1.36. The van der Waals surface area contributed by atoms with Crippen LogP contribution in [0.4, 0.5) is 4.39 Å². The molecule has 2 aromatic rings. The van der Waals surface area contributed by atoms with E-state index in [1.165, 1.54) is 15.8 Å². The quantitative estimate of drug-likeness (QED) is 0.685. The Labute approximate surface area is 194 Å². The largest absolute Gasteiger partial charge is 0.322 e. The maximum Gasteiger partial charge on any atom is 0.255 e. The number of fused-ring (bicyclic) bond motifs is 1. The summed E-state index contributed by atoms with van der Waals surface area (Å²) >= 11 is 7.63. The van der Waals surface area contributed by atoms with Gasteiger partial charge in [0.25, 0.3) is 5.91 Å². The molecule has 0 radical (unpaired) electrons. The molecule has 0 saturated carbocycles. The van der Waals surface area contributed by atoms with Crippen molar-refractivity contribution in [1.29, 1.82) is 0 Å². The van der Waals surface area contributed by atoms with Gasteiger partial charge in [-0.25, -0.2) is 4.39 Å². The molecule has 32 heavy (non-hydrogen) atoms. The van der Waals surface area contributed by atoms with Crippen LogP contribution in [0.25, 0.3) is 0 Å². The normalized spacial score (nSPS) is 22.4. The van der Waals surface area contributed by atoms with E-state index in [9.17, 15) is 18.8 Å². The number of rotatable bonds is 4. The number of carbonyl (C=O) groups excluding carboxylic acids is 3. The average molecular weight is 476 g/mol. The van der Waals surface area contributed by atoms with Gasteiger partial charge < -0.3 is 4.90 Å². The maximum atomic E-state index is 14.5. The number of carbonyl (C=O) groups is 3. The first kappa shape index (κ1) is 21.6. The van der Waals surface area contributed by atoms with E-state index >= 15 is 0 Å². The fourth-order valence-corrected chi connectivity index (χ4v) is 6.21. The van der Waals surface area contributed by atoms with E-state index in [4.69, 9.17) is 11.6 Å². The number of halogens is 2. The van der Waals surface area contributed by atoms with Crippen LogP contribution in [-0.4, -0.2) is 46.7 Å². The molecular weight excluding hydrogens is 453 g/mol. The van der Waals surface area contributed by atoms with Crippen molar-refractivity contribution in [1.82, 2.24) is 15.1 Å². The topological polar surface area (TPSA) is 69.7 Å². The van der Waals surface area contributed by atoms with Gasteiger partial charge >= 0.3 is 0 Å². The minimum atomic E-state index is -0.692. The van der Waals surface area contributed by atoms with Gasteiger partial charge in [-0.1, -0.05) is 11.6 Å². The highest BCUT2D eigenvalue weighted by Crippen LogP contribution is 2.38. The molecular formula is C23H23ClFN3O3S. The fraction of sp³-hybridized carbons (Fsp3) is 0.435. The predicted octanol–water partition coefficient (Wildman–Crippen LogP) is 3.68. The van der Waals surface area contributed by atoms with Crippen molar-refractivity contribution in [2.75, 3.05) is 13.1 Å². The van der Waals surface area contributed by atoms with Crippen molar-refractivity contribution < 1.29 is 18.8 Å². The number of piperidine rings is 2. The lowest BCUT2D eigenvalue weighted by atomic mass is 9.85. The molecule has 1 aromatic heterocycles. The monoisotopic (exact) mass is 475 g/mol. The zero-order chi connectivity index (χ0) is 22.4. The molecule has 0 spiro atoms. The minimum Gasteiger partial charge on any atom is -0.322 e. The lowest BCUT2D eigenvalue weighted by molar-refractivity contribution is -0.136. The van der Waals surface area contributed by atoms with Crippen LogP contribution in [0, 0.1) is 5.82 Å². The molecule has 2 fully saturated rings. The van der Waals surface area contributed by atoms with E-state index in [0.29, 0.717) is 12.0 Å². The number of hydrogen-bond acceptors (Lipinski definition) is 5. The van der Waals surface area contributed by atoms with Crippen molar-refractivity contribution in [3.05, 3.63) is 56.0 Å². The van der Waals surface area contributed by atoms with Crippen molar-refractivity contribution in [2.45, 2.75) is 50.7 Å². The number of amides is 3. The number of nitrogens with zero attached hydrogens (tertiary/aromatic N) is 2. The molecule has 2 saturated heterocycles. The molecule has 168 valence electrons. The van der Waals surface area contributed by atoms with Crippen LogP contribution < -0.4 is 5.32 Å². The highest BCUT2D eigenvalue weighted by Gasteiger charge is 2.41. The second kappa shape index (κ2) is 8.57. The van der Waals surface area contributed by atoms with E-state index in [0.717, 1.165) is 47.9 Å². The zero-order valence-electron chi connectivity index (χ0n) is 17.4. The highest BCUT2D eigenvalue weighted by molar-refractivity contribution is 7.16. The molecule has 3 aliphatic rings. The molecule has 5 rings (SSSR count). The first-order valence-corrected chi connectivity index (χ1v) is 12.0. The highest BCUT2D eigenvalue weighted by atomic mass is 35.5. The van der Waals surface area contributed by atoms with Crippen molar-refractivity contribution in [3.63, 3.8) is 0 Å². The third-order valence-corrected chi connectivity index (χ3v) is 7.91. The lowest BCUT2D eigenvalue weighted by Crippen LogP contribution is -2.52. The van der Waals surface area contributed by atoms with Crippen LogP contribution in [0.5, 0.6) is 0 Å². The van der Waals surface area contributed by atoms with Crippen LogP contribution >= 0.6 is 22.9 Å². The Bertz CT molecular complexity index is 1100. The van der Waals surface area contributed by atoms with E-state index in [2.05, 4.69) is 10.2 Å². The Kier molecular flexibility index (Phi) is 5.77. The van der Waals surface area contributed by atoms with Gasteiger partial charge in [0.15, 0.2) is 0 Å². The van der Waals surface area contributed by atoms with E-state index in [1.807, 2.05) is 12.1 Å². The first-order chi connectivity index (χ1) is 15.4. The molecule has 1 aromatic carbocycles. The Morgan fingerprint density at radius 3 is 2.59 bits per heavy atom. The summed E-state index contributed by atoms with van der Waals surface area (Å²) in [6.45, 7) is 2.91. The summed E-state index contributed by atoms with van der Waals surface area (Å²) in [5.41, 5.74) is 2.05. The smallest absolute Gasteiger partial charge is 0.255 e. The first-order valence-electron chi connectivity index (χ1n) is 10.8. The fourth-order valence-electron chi connectivity index (χ4n) is 5.08. The summed E-state index contributed by atoms with van der Waals surface area (Å²) in [6.07, 6.45) is 2.25. The molecule has 1 atom stereocenters. The van der Waals surface area contributed by atoms with Gasteiger partial charge in [-0.15, -0.1) is 11.3 Å². The SMILES string of the molecule is O=C1CCC(N2Cc3c(cc(F)cc3C3CCN(Cc4ccc(Cl)s4)CC3)C2=O)C(=O)N1. The van der Waals surface area contributed by atoms with Gasteiger partial charge in [-0.3, -0.25) is 24.6 Å². The Balaban J connectivity index is 1.32. The van der Waals surface area contributed by atoms with Gasteiger partial charge in [0.05, 0.1) is 4.34 Å². The van der Waals surface area contributed by atoms with Gasteiger partial charge in [0.2, 0.25) is 11.8 Å². The van der Waals surface area contributed by atoms with Crippen molar-refractivity contribution >= 4 is 40.7 Å². The summed E-state index contributed by atoms with van der Waals surface area (Å²) in [4.78, 5) is 41.9. The van der Waals surface area contributed by atoms with Crippen molar-refractivity contribution in [2.24, 2.45) is 0 Å². The molecule has 1 unspecified atom stereocenters. The Morgan fingerprint density at radius 2 is 1.91 bits per heavy atom. The second-order valence-corrected chi connectivity index (χ2v) is 10.5. The molecule has 4 heterocycles. The lowest BCUT2D eigenvalue weighted by Gasteiger charge is -2.33. The summed E-state index contributed by atoms with van der Waals surface area (Å²) in [6, 6.07) is 6.11. The van der Waals surface area contributed by atoms with Crippen molar-refractivity contribution in [3.8, 4) is 0 Å². The van der Waals surface area contributed by atoms with E-state index in [1.54, 1.807) is 17.4 Å². The maximum absolute atomic E-state index is 14.5. The van der Waals surface area contributed by atoms with Crippen LogP contribution in [-0.2, 0) is 22.7 Å². The number of benzene rings is 1. The Morgan fingerprint density at radius 1 is 1.12 bits per heavy atom. The molecule has 6 nitrogen and oxygen atoms in total. The standard InChI is InChI=1S/C23H23ClFN3O3S/c24-20-3-1-15(32-20)11-27-7-5-13(6-8-27)16-9-14(25)10-17-18(16)12-28(23(17)31)19-2-4-21(29)26-22(19)30/h1,3,9-10,13,19H,2,4-8,11-12H2,(H,26,29,30). The third-order valence-electron chi connectivity index (χ3n) is 6.69. The average Bonchev–Trinajstić information content (AvgIpc) is 3.31. The summed E-state index contributed by atoms with van der Waals surface area (Å²) < 4.78 is 15.3. The van der Waals surface area contributed by atoms with Crippen LogP contribution in [0.15, 0.2) is 24.3 Å². The summed E-state index contributed by atoms with van der Waals surface area (Å²) in [5, 5.41) is 2.31. The van der Waals surface area contributed by atoms with Crippen LogP contribution in [0.1, 0.15) is 58.0 Å². The number of hydrogen-bond donors (Lipinski definition) is 1. The number of imide groups is 1. The zero-order valence-corrected chi connectivity index (χ0v) is 19.0. The third kappa shape index (κ3) is 4.07. The van der Waals surface area contributed by atoms with Gasteiger partial charge in [0, 0.05) is 30.0 Å². The molecule has 1 N–H and O–H groups in total.